The highest BCUT2D eigenvalue weighted by atomic mass is 35.5. The van der Waals surface area contributed by atoms with Crippen molar-refractivity contribution in [3.8, 4) is 22.8 Å². The molecule has 2 amide bonds. The van der Waals surface area contributed by atoms with Gasteiger partial charge in [0.1, 0.15) is 23.0 Å². The van der Waals surface area contributed by atoms with E-state index in [0.29, 0.717) is 44.9 Å². The molecule has 3 N–H and O–H groups in total. The van der Waals surface area contributed by atoms with Gasteiger partial charge < -0.3 is 20.1 Å². The van der Waals surface area contributed by atoms with Crippen molar-refractivity contribution < 1.29 is 19.4 Å². The number of benzene rings is 2. The summed E-state index contributed by atoms with van der Waals surface area (Å²) in [5.41, 5.74) is 3.55. The van der Waals surface area contributed by atoms with Crippen molar-refractivity contribution in [3.05, 3.63) is 100 Å². The molecule has 0 bridgehead atoms. The van der Waals surface area contributed by atoms with Crippen LogP contribution in [0.3, 0.4) is 0 Å². The largest absolute Gasteiger partial charge is 0.481 e. The zero-order chi connectivity index (χ0) is 31.2. The molecule has 0 radical (unpaired) electrons. The molecule has 0 aliphatic heterocycles. The van der Waals surface area contributed by atoms with Crippen molar-refractivity contribution in [1.29, 1.82) is 0 Å². The highest BCUT2D eigenvalue weighted by Crippen LogP contribution is 2.31. The molecule has 2 aromatic carbocycles. The number of carbonyl (C=O) groups is 2. The molecule has 0 aliphatic carbocycles. The van der Waals surface area contributed by atoms with E-state index in [4.69, 9.17) is 32.9 Å². The Labute approximate surface area is 261 Å². The molecule has 44 heavy (non-hydrogen) atoms. The lowest BCUT2D eigenvalue weighted by Gasteiger charge is -2.17. The SMILES string of the molecule is COc1ncccc1C[C@H](NC(=O)C=Cc1cc(Cl)ccc1-n1cnnn1)c1nc(-c2ccc(N(C)C(=O)O)cc2)c(Cl)[nH]1. The molecule has 224 valence electrons. The van der Waals surface area contributed by atoms with E-state index in [9.17, 15) is 14.7 Å². The maximum Gasteiger partial charge on any atom is 0.411 e. The molecular weight excluding hydrogens is 609 g/mol. The third-order valence-electron chi connectivity index (χ3n) is 6.61. The second-order valence-electron chi connectivity index (χ2n) is 9.40. The molecule has 0 saturated heterocycles. The average molecular weight is 634 g/mol. The Morgan fingerprint density at radius 2 is 1.98 bits per heavy atom. The zero-order valence-corrected chi connectivity index (χ0v) is 24.9. The molecule has 3 aromatic heterocycles. The summed E-state index contributed by atoms with van der Waals surface area (Å²) in [6, 6.07) is 14.8. The molecule has 0 fully saturated rings. The molecule has 5 aromatic rings. The molecule has 1 atom stereocenters. The number of ether oxygens (including phenoxy) is 1. The summed E-state index contributed by atoms with van der Waals surface area (Å²) in [7, 11) is 2.97. The quantitative estimate of drug-likeness (QED) is 0.180. The first-order valence-electron chi connectivity index (χ1n) is 13.1. The van der Waals surface area contributed by atoms with Gasteiger partial charge in [0.2, 0.25) is 11.8 Å². The Balaban J connectivity index is 1.44. The Kier molecular flexibility index (Phi) is 9.17. The number of carbonyl (C=O) groups excluding carboxylic acids is 1. The van der Waals surface area contributed by atoms with Crippen LogP contribution in [0.4, 0.5) is 10.5 Å². The normalized spacial score (nSPS) is 11.8. The van der Waals surface area contributed by atoms with E-state index in [1.807, 2.05) is 6.07 Å². The Bertz CT molecular complexity index is 1810. The van der Waals surface area contributed by atoms with Crippen LogP contribution in [0.15, 0.2) is 73.2 Å². The topological polar surface area (TPSA) is 164 Å². The first kappa shape index (κ1) is 30.2. The van der Waals surface area contributed by atoms with Gasteiger partial charge in [0, 0.05) is 53.1 Å². The Hall–Kier alpha value is -5.27. The van der Waals surface area contributed by atoms with E-state index >= 15 is 0 Å². The number of anilines is 1. The number of tetrazole rings is 1. The van der Waals surface area contributed by atoms with E-state index < -0.39 is 18.0 Å². The van der Waals surface area contributed by atoms with Gasteiger partial charge in [-0.25, -0.2) is 14.8 Å². The van der Waals surface area contributed by atoms with E-state index in [2.05, 4.69) is 30.8 Å². The molecule has 5 rings (SSSR count). The van der Waals surface area contributed by atoms with Gasteiger partial charge in [-0.15, -0.1) is 5.10 Å². The lowest BCUT2D eigenvalue weighted by atomic mass is 10.1. The van der Waals surface area contributed by atoms with Crippen molar-refractivity contribution in [1.82, 2.24) is 40.5 Å². The number of hydrogen-bond acceptors (Lipinski definition) is 8. The number of carboxylic acid groups (broad SMARTS) is 1. The Morgan fingerprint density at radius 3 is 2.68 bits per heavy atom. The Morgan fingerprint density at radius 1 is 1.18 bits per heavy atom. The summed E-state index contributed by atoms with van der Waals surface area (Å²) >= 11 is 12.8. The van der Waals surface area contributed by atoms with Crippen LogP contribution in [-0.4, -0.2) is 66.4 Å². The van der Waals surface area contributed by atoms with Gasteiger partial charge in [-0.3, -0.25) is 9.69 Å². The van der Waals surface area contributed by atoms with Crippen molar-refractivity contribution in [2.75, 3.05) is 19.1 Å². The van der Waals surface area contributed by atoms with Crippen LogP contribution in [0.2, 0.25) is 10.2 Å². The number of amides is 2. The molecule has 0 spiro atoms. The van der Waals surface area contributed by atoms with Gasteiger partial charge in [0.25, 0.3) is 0 Å². The lowest BCUT2D eigenvalue weighted by molar-refractivity contribution is -0.117. The van der Waals surface area contributed by atoms with Gasteiger partial charge in [-0.05, 0) is 52.9 Å². The lowest BCUT2D eigenvalue weighted by Crippen LogP contribution is -2.29. The fourth-order valence-corrected chi connectivity index (χ4v) is 4.83. The van der Waals surface area contributed by atoms with Crippen LogP contribution in [0.5, 0.6) is 5.88 Å². The van der Waals surface area contributed by atoms with E-state index in [1.165, 1.54) is 31.2 Å². The highest BCUT2D eigenvalue weighted by molar-refractivity contribution is 6.32. The van der Waals surface area contributed by atoms with Crippen molar-refractivity contribution in [3.63, 3.8) is 0 Å². The second-order valence-corrected chi connectivity index (χ2v) is 10.2. The van der Waals surface area contributed by atoms with Crippen LogP contribution in [0.25, 0.3) is 23.0 Å². The molecule has 0 saturated carbocycles. The number of hydrogen-bond donors (Lipinski definition) is 3. The van der Waals surface area contributed by atoms with E-state index in [-0.39, 0.29) is 11.6 Å². The predicted octanol–water partition coefficient (Wildman–Crippen LogP) is 4.99. The van der Waals surface area contributed by atoms with E-state index in [1.54, 1.807) is 60.8 Å². The fourth-order valence-electron chi connectivity index (χ4n) is 4.40. The van der Waals surface area contributed by atoms with Crippen molar-refractivity contribution >= 4 is 47.0 Å². The van der Waals surface area contributed by atoms with Gasteiger partial charge >= 0.3 is 6.09 Å². The van der Waals surface area contributed by atoms with Gasteiger partial charge in [0.05, 0.1) is 18.8 Å². The summed E-state index contributed by atoms with van der Waals surface area (Å²) in [4.78, 5) is 37.7. The number of pyridine rings is 1. The van der Waals surface area contributed by atoms with Crippen LogP contribution in [0, 0.1) is 0 Å². The average Bonchev–Trinajstić information content (AvgIpc) is 3.70. The number of aromatic nitrogens is 7. The minimum absolute atomic E-state index is 0.247. The van der Waals surface area contributed by atoms with Crippen molar-refractivity contribution in [2.24, 2.45) is 0 Å². The van der Waals surface area contributed by atoms with E-state index in [0.717, 1.165) is 10.5 Å². The first-order chi connectivity index (χ1) is 21.2. The number of halogens is 2. The highest BCUT2D eigenvalue weighted by Gasteiger charge is 2.23. The minimum Gasteiger partial charge on any atom is -0.481 e. The number of imidazole rings is 1. The number of methoxy groups -OCH3 is 1. The maximum absolute atomic E-state index is 13.3. The van der Waals surface area contributed by atoms with Gasteiger partial charge in [-0.1, -0.05) is 41.4 Å². The summed E-state index contributed by atoms with van der Waals surface area (Å²) < 4.78 is 6.89. The summed E-state index contributed by atoms with van der Waals surface area (Å²) in [6.45, 7) is 0. The summed E-state index contributed by atoms with van der Waals surface area (Å²) in [5, 5.41) is 24.2. The first-order valence-corrected chi connectivity index (χ1v) is 13.8. The molecular formula is C29H25Cl2N9O4. The molecule has 0 aliphatic rings. The number of rotatable bonds is 10. The number of aromatic amines is 1. The van der Waals surface area contributed by atoms with Crippen molar-refractivity contribution in [2.45, 2.75) is 12.5 Å². The third-order valence-corrected chi connectivity index (χ3v) is 7.12. The van der Waals surface area contributed by atoms with Gasteiger partial charge in [0.15, 0.2) is 0 Å². The predicted molar refractivity (Wildman–Crippen MR) is 164 cm³/mol. The maximum atomic E-state index is 13.3. The number of nitrogens with one attached hydrogen (secondary N) is 2. The van der Waals surface area contributed by atoms with Gasteiger partial charge in [-0.2, -0.15) is 4.68 Å². The molecule has 13 nitrogen and oxygen atoms in total. The second kappa shape index (κ2) is 13.4. The molecule has 0 unspecified atom stereocenters. The summed E-state index contributed by atoms with van der Waals surface area (Å²) in [5.74, 6) is 0.375. The summed E-state index contributed by atoms with van der Waals surface area (Å²) in [6.07, 6.45) is 5.22. The van der Waals surface area contributed by atoms with Crippen LogP contribution in [0.1, 0.15) is 23.0 Å². The smallest absolute Gasteiger partial charge is 0.411 e. The fraction of sp³-hybridized carbons (Fsp3) is 0.138. The standard InChI is InChI=1S/C29H25Cl2N9O4/c1-39(29(42)43)21-9-5-17(6-10-21)25-26(31)36-27(35-25)22(15-19-4-3-13-32-28(19)44-2)34-24(41)12-7-18-14-20(30)8-11-23(18)40-16-33-37-38-40/h3-14,16,22H,15H2,1-2H3,(H,34,41)(H,35,36)(H,42,43)/t22-/m0/s1. The van der Waals surface area contributed by atoms with Crippen LogP contribution < -0.4 is 15.0 Å². The molecule has 3 heterocycles. The zero-order valence-electron chi connectivity index (χ0n) is 23.3. The third kappa shape index (κ3) is 6.85. The number of nitrogens with zero attached hydrogens (tertiary/aromatic N) is 7. The monoisotopic (exact) mass is 633 g/mol. The molecule has 15 heteroatoms. The van der Waals surface area contributed by atoms with Crippen LogP contribution in [-0.2, 0) is 11.2 Å². The number of H-pyrrole nitrogens is 1. The van der Waals surface area contributed by atoms with Crippen LogP contribution >= 0.6 is 23.2 Å². The minimum atomic E-state index is -1.08.